The zero-order valence-corrected chi connectivity index (χ0v) is 14.7. The van der Waals surface area contributed by atoms with Crippen molar-refractivity contribution in [3.63, 3.8) is 0 Å². The van der Waals surface area contributed by atoms with Gasteiger partial charge in [-0.2, -0.15) is 0 Å². The summed E-state index contributed by atoms with van der Waals surface area (Å²) in [5, 5.41) is 0. The van der Waals surface area contributed by atoms with Crippen molar-refractivity contribution in [2.75, 3.05) is 0 Å². The van der Waals surface area contributed by atoms with Gasteiger partial charge in [-0.15, -0.1) is 0 Å². The highest BCUT2D eigenvalue weighted by Crippen LogP contribution is 2.30. The van der Waals surface area contributed by atoms with Gasteiger partial charge in [-0.3, -0.25) is 0 Å². The molecule has 0 atom stereocenters. The van der Waals surface area contributed by atoms with Gasteiger partial charge < -0.3 is 4.74 Å². The molecule has 3 heteroatoms. The van der Waals surface area contributed by atoms with E-state index in [-0.39, 0.29) is 0 Å². The lowest BCUT2D eigenvalue weighted by Crippen LogP contribution is -1.93. The van der Waals surface area contributed by atoms with Crippen molar-refractivity contribution in [2.24, 2.45) is 0 Å². The molecule has 0 aliphatic carbocycles. The van der Waals surface area contributed by atoms with Gasteiger partial charge in [-0.25, -0.2) is 0 Å². The number of aryl methyl sites for hydroxylation is 2. The second-order valence-corrected chi connectivity index (χ2v) is 6.61. The Bertz CT molecular complexity index is 564. The van der Waals surface area contributed by atoms with Crippen LogP contribution in [0.1, 0.15) is 18.1 Å². The molecule has 2 aromatic carbocycles. The molecule has 0 spiro atoms. The Labute approximate surface area is 135 Å². The van der Waals surface area contributed by atoms with Crippen molar-refractivity contribution < 1.29 is 4.74 Å². The van der Waals surface area contributed by atoms with E-state index in [1.165, 1.54) is 12.7 Å². The molecule has 0 aliphatic heterocycles. The Balaban J connectivity index is 2.38. The number of benzene rings is 2. The molecule has 0 heterocycles. The van der Waals surface area contributed by atoms with E-state index >= 15 is 0 Å². The monoisotopic (exact) mass is 464 g/mol. The van der Waals surface area contributed by atoms with Crippen LogP contribution in [0.3, 0.4) is 0 Å². The summed E-state index contributed by atoms with van der Waals surface area (Å²) in [4.78, 5) is 0. The Hall–Kier alpha value is -0.300. The average Bonchev–Trinajstić information content (AvgIpc) is 2.34. The van der Waals surface area contributed by atoms with Gasteiger partial charge in [-0.05, 0) is 93.9 Å². The molecule has 1 nitrogen and oxygen atoms in total. The van der Waals surface area contributed by atoms with E-state index in [0.717, 1.165) is 23.5 Å². The molecule has 0 aromatic heterocycles. The molecule has 0 radical (unpaired) electrons. The van der Waals surface area contributed by atoms with Crippen molar-refractivity contribution in [2.45, 2.75) is 20.3 Å². The zero-order chi connectivity index (χ0) is 13.1. The fourth-order valence-corrected chi connectivity index (χ4v) is 2.64. The number of halogens is 2. The fourth-order valence-electron chi connectivity index (χ4n) is 1.72. The third kappa shape index (κ3) is 3.38. The summed E-state index contributed by atoms with van der Waals surface area (Å²) in [6.45, 7) is 4.22. The van der Waals surface area contributed by atoms with Crippen LogP contribution in [0.4, 0.5) is 0 Å². The maximum Gasteiger partial charge on any atom is 0.131 e. The first-order valence-electron chi connectivity index (χ1n) is 5.82. The van der Waals surface area contributed by atoms with Gasteiger partial charge in [0.15, 0.2) is 0 Å². The minimum Gasteiger partial charge on any atom is -0.457 e. The molecule has 0 bridgehead atoms. The van der Waals surface area contributed by atoms with Crippen LogP contribution < -0.4 is 4.74 Å². The first kappa shape index (κ1) is 14.1. The average molecular weight is 464 g/mol. The Kier molecular flexibility index (Phi) is 4.89. The summed E-state index contributed by atoms with van der Waals surface area (Å²) >= 11 is 4.62. The highest BCUT2D eigenvalue weighted by molar-refractivity contribution is 14.1. The van der Waals surface area contributed by atoms with E-state index < -0.39 is 0 Å². The standard InChI is InChI=1S/C15H14I2O/c1-3-11-5-7-13(17)9-15(11)18-14-8-12(16)6-4-10(14)2/h4-9H,3H2,1-2H3. The number of hydrogen-bond donors (Lipinski definition) is 0. The summed E-state index contributed by atoms with van der Waals surface area (Å²) in [5.41, 5.74) is 2.41. The lowest BCUT2D eigenvalue weighted by atomic mass is 10.1. The van der Waals surface area contributed by atoms with E-state index in [4.69, 9.17) is 4.74 Å². The van der Waals surface area contributed by atoms with Gasteiger partial charge in [0.1, 0.15) is 11.5 Å². The minimum atomic E-state index is 0.943. The van der Waals surface area contributed by atoms with E-state index in [2.05, 4.69) is 95.4 Å². The van der Waals surface area contributed by atoms with Gasteiger partial charge in [0, 0.05) is 7.14 Å². The van der Waals surface area contributed by atoms with Crippen molar-refractivity contribution in [3.8, 4) is 11.5 Å². The number of hydrogen-bond acceptors (Lipinski definition) is 1. The lowest BCUT2D eigenvalue weighted by molar-refractivity contribution is 0.472. The van der Waals surface area contributed by atoms with Crippen molar-refractivity contribution >= 4 is 45.2 Å². The molecule has 18 heavy (non-hydrogen) atoms. The van der Waals surface area contributed by atoms with E-state index in [0.29, 0.717) is 0 Å². The summed E-state index contributed by atoms with van der Waals surface area (Å²) in [6.07, 6.45) is 0.981. The molecule has 2 aromatic rings. The molecular formula is C15H14I2O. The maximum absolute atomic E-state index is 6.08. The maximum atomic E-state index is 6.08. The van der Waals surface area contributed by atoms with Gasteiger partial charge >= 0.3 is 0 Å². The van der Waals surface area contributed by atoms with Crippen LogP contribution in [0.2, 0.25) is 0 Å². The van der Waals surface area contributed by atoms with Gasteiger partial charge in [-0.1, -0.05) is 19.1 Å². The molecule has 0 N–H and O–H groups in total. The molecule has 0 aliphatic rings. The Morgan fingerprint density at radius 3 is 2.22 bits per heavy atom. The van der Waals surface area contributed by atoms with E-state index in [1.54, 1.807) is 0 Å². The molecular weight excluding hydrogens is 450 g/mol. The Morgan fingerprint density at radius 1 is 0.944 bits per heavy atom. The molecule has 0 amide bonds. The highest BCUT2D eigenvalue weighted by Gasteiger charge is 2.07. The SMILES string of the molecule is CCc1ccc(I)cc1Oc1cc(I)ccc1C. The van der Waals surface area contributed by atoms with Crippen LogP contribution in [0.25, 0.3) is 0 Å². The summed E-state index contributed by atoms with van der Waals surface area (Å²) in [7, 11) is 0. The van der Waals surface area contributed by atoms with Gasteiger partial charge in [0.25, 0.3) is 0 Å². The largest absolute Gasteiger partial charge is 0.457 e. The van der Waals surface area contributed by atoms with E-state index in [1.807, 2.05) is 0 Å². The van der Waals surface area contributed by atoms with Crippen molar-refractivity contribution in [3.05, 3.63) is 54.7 Å². The van der Waals surface area contributed by atoms with Crippen LogP contribution in [-0.4, -0.2) is 0 Å². The molecule has 2 rings (SSSR count). The zero-order valence-electron chi connectivity index (χ0n) is 10.3. The number of rotatable bonds is 3. The molecule has 0 fully saturated rings. The van der Waals surface area contributed by atoms with E-state index in [9.17, 15) is 0 Å². The quantitative estimate of drug-likeness (QED) is 0.541. The second kappa shape index (κ2) is 6.23. The van der Waals surface area contributed by atoms with Crippen molar-refractivity contribution in [1.82, 2.24) is 0 Å². The summed E-state index contributed by atoms with van der Waals surface area (Å²) < 4.78 is 8.47. The fraction of sp³-hybridized carbons (Fsp3) is 0.200. The second-order valence-electron chi connectivity index (χ2n) is 4.12. The summed E-state index contributed by atoms with van der Waals surface area (Å²) in [5.74, 6) is 1.91. The first-order valence-corrected chi connectivity index (χ1v) is 7.98. The van der Waals surface area contributed by atoms with Crippen LogP contribution in [0, 0.1) is 14.1 Å². The molecule has 0 saturated carbocycles. The molecule has 0 unspecified atom stereocenters. The van der Waals surface area contributed by atoms with Crippen LogP contribution in [0.5, 0.6) is 11.5 Å². The van der Waals surface area contributed by atoms with Gasteiger partial charge in [0.2, 0.25) is 0 Å². The van der Waals surface area contributed by atoms with Crippen LogP contribution in [-0.2, 0) is 6.42 Å². The first-order chi connectivity index (χ1) is 8.60. The third-order valence-corrected chi connectivity index (χ3v) is 4.12. The van der Waals surface area contributed by atoms with Crippen molar-refractivity contribution in [1.29, 1.82) is 0 Å². The molecule has 94 valence electrons. The molecule has 0 saturated heterocycles. The van der Waals surface area contributed by atoms with Gasteiger partial charge in [0.05, 0.1) is 0 Å². The highest BCUT2D eigenvalue weighted by atomic mass is 127. The predicted molar refractivity (Wildman–Crippen MR) is 92.5 cm³/mol. The normalized spacial score (nSPS) is 10.4. The number of ether oxygens (including phenoxy) is 1. The minimum absolute atomic E-state index is 0.943. The smallest absolute Gasteiger partial charge is 0.131 e. The Morgan fingerprint density at radius 2 is 1.56 bits per heavy atom. The third-order valence-electron chi connectivity index (χ3n) is 2.78. The lowest BCUT2D eigenvalue weighted by Gasteiger charge is -2.13. The predicted octanol–water partition coefficient (Wildman–Crippen LogP) is 5.56. The van der Waals surface area contributed by atoms with Crippen LogP contribution >= 0.6 is 45.2 Å². The topological polar surface area (TPSA) is 9.23 Å². The summed E-state index contributed by atoms with van der Waals surface area (Å²) in [6, 6.07) is 12.6. The van der Waals surface area contributed by atoms with Crippen LogP contribution in [0.15, 0.2) is 36.4 Å².